The van der Waals surface area contributed by atoms with Crippen LogP contribution in [0.1, 0.15) is 34.1 Å². The van der Waals surface area contributed by atoms with Crippen LogP contribution in [-0.4, -0.2) is 11.0 Å². The highest BCUT2D eigenvalue weighted by Crippen LogP contribution is 2.20. The first-order valence-electron chi connectivity index (χ1n) is 3.83. The monoisotopic (exact) mass is 146 g/mol. The lowest BCUT2D eigenvalue weighted by Gasteiger charge is -2.16. The fourth-order valence-corrected chi connectivity index (χ4v) is 1.81. The summed E-state index contributed by atoms with van der Waals surface area (Å²) in [5.74, 6) is 2.14. The molecule has 2 unspecified atom stereocenters. The molecule has 56 valence electrons. The van der Waals surface area contributed by atoms with Crippen molar-refractivity contribution in [3.05, 3.63) is 0 Å². The van der Waals surface area contributed by atoms with Gasteiger partial charge < -0.3 is 0 Å². The first-order chi connectivity index (χ1) is 4.22. The summed E-state index contributed by atoms with van der Waals surface area (Å²) in [6.45, 7) is 9.14. The molecule has 0 fully saturated rings. The van der Waals surface area contributed by atoms with Crippen LogP contribution in [-0.2, 0) is 0 Å². The molecule has 0 bridgehead atoms. The Hall–Kier alpha value is 0.350. The second-order valence-electron chi connectivity index (χ2n) is 2.55. The van der Waals surface area contributed by atoms with Crippen LogP contribution in [0.5, 0.6) is 0 Å². The summed E-state index contributed by atoms with van der Waals surface area (Å²) in [6, 6.07) is 0. The highest BCUT2D eigenvalue weighted by Gasteiger charge is 2.07. The fraction of sp³-hybridized carbons (Fsp3) is 1.00. The van der Waals surface area contributed by atoms with Crippen LogP contribution in [0.2, 0.25) is 0 Å². The second kappa shape index (κ2) is 5.16. The molecule has 0 aliphatic rings. The van der Waals surface area contributed by atoms with E-state index in [4.69, 9.17) is 0 Å². The molecule has 9 heavy (non-hydrogen) atoms. The molecule has 0 nitrogen and oxygen atoms in total. The van der Waals surface area contributed by atoms with Crippen molar-refractivity contribution in [2.75, 3.05) is 5.75 Å². The standard InChI is InChI=1S/C8H18S/c1-5-7(3)8(4)9-6-2/h7-8H,5-6H2,1-4H3. The fourth-order valence-electron chi connectivity index (χ4n) is 0.759. The molecular weight excluding hydrogens is 128 g/mol. The molecule has 0 N–H and O–H groups in total. The first-order valence-corrected chi connectivity index (χ1v) is 4.88. The van der Waals surface area contributed by atoms with Gasteiger partial charge in [0.25, 0.3) is 0 Å². The highest BCUT2D eigenvalue weighted by atomic mass is 32.2. The van der Waals surface area contributed by atoms with Crippen molar-refractivity contribution in [2.24, 2.45) is 5.92 Å². The Kier molecular flexibility index (Phi) is 5.36. The lowest BCUT2D eigenvalue weighted by Crippen LogP contribution is -2.08. The van der Waals surface area contributed by atoms with E-state index >= 15 is 0 Å². The maximum atomic E-state index is 2.33. The van der Waals surface area contributed by atoms with Crippen molar-refractivity contribution in [1.82, 2.24) is 0 Å². The van der Waals surface area contributed by atoms with E-state index in [0.29, 0.717) is 0 Å². The van der Waals surface area contributed by atoms with Gasteiger partial charge in [-0.3, -0.25) is 0 Å². The van der Waals surface area contributed by atoms with Gasteiger partial charge in [-0.05, 0) is 11.7 Å². The Morgan fingerprint density at radius 3 is 2.11 bits per heavy atom. The molecule has 0 aromatic rings. The van der Waals surface area contributed by atoms with E-state index in [-0.39, 0.29) is 0 Å². The lowest BCUT2D eigenvalue weighted by atomic mass is 10.1. The molecule has 0 amide bonds. The average molecular weight is 146 g/mol. The van der Waals surface area contributed by atoms with E-state index in [9.17, 15) is 0 Å². The van der Waals surface area contributed by atoms with Crippen molar-refractivity contribution >= 4 is 11.8 Å². The molecule has 0 heterocycles. The van der Waals surface area contributed by atoms with E-state index in [1.807, 2.05) is 0 Å². The Labute approximate surface area is 63.4 Å². The number of hydrogen-bond donors (Lipinski definition) is 0. The number of rotatable bonds is 4. The predicted molar refractivity (Wildman–Crippen MR) is 47.0 cm³/mol. The van der Waals surface area contributed by atoms with E-state index in [0.717, 1.165) is 11.2 Å². The van der Waals surface area contributed by atoms with Crippen molar-refractivity contribution in [3.63, 3.8) is 0 Å². The van der Waals surface area contributed by atoms with Crippen molar-refractivity contribution < 1.29 is 0 Å². The molecule has 0 aliphatic carbocycles. The van der Waals surface area contributed by atoms with Crippen LogP contribution >= 0.6 is 11.8 Å². The van der Waals surface area contributed by atoms with Gasteiger partial charge in [0.15, 0.2) is 0 Å². The van der Waals surface area contributed by atoms with Crippen molar-refractivity contribution in [3.8, 4) is 0 Å². The topological polar surface area (TPSA) is 0 Å². The summed E-state index contributed by atoms with van der Waals surface area (Å²) in [5.41, 5.74) is 0. The molecule has 2 atom stereocenters. The first kappa shape index (κ1) is 9.35. The van der Waals surface area contributed by atoms with Gasteiger partial charge in [0.05, 0.1) is 0 Å². The maximum absolute atomic E-state index is 2.33. The Balaban J connectivity index is 3.32. The van der Waals surface area contributed by atoms with Crippen molar-refractivity contribution in [2.45, 2.75) is 39.4 Å². The molecule has 0 saturated heterocycles. The highest BCUT2D eigenvalue weighted by molar-refractivity contribution is 7.99. The van der Waals surface area contributed by atoms with Gasteiger partial charge in [-0.1, -0.05) is 34.1 Å². The van der Waals surface area contributed by atoms with Gasteiger partial charge >= 0.3 is 0 Å². The minimum atomic E-state index is 0.847. The van der Waals surface area contributed by atoms with Crippen LogP contribution in [0.3, 0.4) is 0 Å². The van der Waals surface area contributed by atoms with E-state index in [2.05, 4.69) is 39.5 Å². The largest absolute Gasteiger partial charge is 0.159 e. The van der Waals surface area contributed by atoms with Gasteiger partial charge in [-0.25, -0.2) is 0 Å². The second-order valence-corrected chi connectivity index (χ2v) is 4.20. The zero-order valence-electron chi connectivity index (χ0n) is 6.98. The summed E-state index contributed by atoms with van der Waals surface area (Å²) in [4.78, 5) is 0. The normalized spacial score (nSPS) is 17.3. The zero-order chi connectivity index (χ0) is 7.28. The molecule has 1 heteroatoms. The smallest absolute Gasteiger partial charge is 0.00441 e. The third kappa shape index (κ3) is 3.85. The lowest BCUT2D eigenvalue weighted by molar-refractivity contribution is 0.558. The third-order valence-electron chi connectivity index (χ3n) is 1.87. The van der Waals surface area contributed by atoms with Gasteiger partial charge in [-0.15, -0.1) is 0 Å². The van der Waals surface area contributed by atoms with Crippen LogP contribution in [0, 0.1) is 5.92 Å². The van der Waals surface area contributed by atoms with E-state index < -0.39 is 0 Å². The average Bonchev–Trinajstić information content (AvgIpc) is 1.87. The van der Waals surface area contributed by atoms with Crippen LogP contribution in [0.15, 0.2) is 0 Å². The Bertz CT molecular complexity index is 61.6. The molecule has 0 spiro atoms. The Morgan fingerprint density at radius 1 is 1.22 bits per heavy atom. The van der Waals surface area contributed by atoms with E-state index in [1.165, 1.54) is 12.2 Å². The summed E-state index contributed by atoms with van der Waals surface area (Å²) in [7, 11) is 0. The minimum absolute atomic E-state index is 0.847. The molecule has 0 aromatic heterocycles. The minimum Gasteiger partial charge on any atom is -0.159 e. The predicted octanol–water partition coefficient (Wildman–Crippen LogP) is 3.17. The van der Waals surface area contributed by atoms with Crippen LogP contribution < -0.4 is 0 Å². The Morgan fingerprint density at radius 2 is 1.78 bits per heavy atom. The summed E-state index contributed by atoms with van der Waals surface area (Å²) >= 11 is 2.06. The maximum Gasteiger partial charge on any atom is 0.00441 e. The molecule has 0 rings (SSSR count). The third-order valence-corrected chi connectivity index (χ3v) is 3.20. The van der Waals surface area contributed by atoms with Gasteiger partial charge in [0.1, 0.15) is 0 Å². The van der Waals surface area contributed by atoms with Crippen molar-refractivity contribution in [1.29, 1.82) is 0 Å². The van der Waals surface area contributed by atoms with E-state index in [1.54, 1.807) is 0 Å². The SMILES string of the molecule is CCSC(C)C(C)CC. The quantitative estimate of drug-likeness (QED) is 0.587. The summed E-state index contributed by atoms with van der Waals surface area (Å²) in [6.07, 6.45) is 1.31. The molecule has 0 aromatic carbocycles. The summed E-state index contributed by atoms with van der Waals surface area (Å²) in [5, 5.41) is 0.847. The molecule has 0 radical (unpaired) electrons. The molecule has 0 saturated carbocycles. The van der Waals surface area contributed by atoms with Gasteiger partial charge in [0, 0.05) is 5.25 Å². The van der Waals surface area contributed by atoms with Gasteiger partial charge in [-0.2, -0.15) is 11.8 Å². The zero-order valence-corrected chi connectivity index (χ0v) is 7.79. The summed E-state index contributed by atoms with van der Waals surface area (Å²) < 4.78 is 0. The van der Waals surface area contributed by atoms with Gasteiger partial charge in [0.2, 0.25) is 0 Å². The van der Waals surface area contributed by atoms with Crippen LogP contribution in [0.4, 0.5) is 0 Å². The molecule has 0 aliphatic heterocycles. The number of hydrogen-bond acceptors (Lipinski definition) is 1. The van der Waals surface area contributed by atoms with Crippen LogP contribution in [0.25, 0.3) is 0 Å². The molecular formula is C8H18S. The number of thioether (sulfide) groups is 1.